The summed E-state index contributed by atoms with van der Waals surface area (Å²) in [5.74, 6) is 0. The molecule has 0 unspecified atom stereocenters. The van der Waals surface area contributed by atoms with E-state index < -0.39 is 0 Å². The molecule has 0 atom stereocenters. The quantitative estimate of drug-likeness (QED) is 0.575. The van der Waals surface area contributed by atoms with E-state index in [9.17, 15) is 4.79 Å². The van der Waals surface area contributed by atoms with Crippen LogP contribution in [0.15, 0.2) is 29.5 Å². The normalized spacial score (nSPS) is 10.3. The molecule has 0 fully saturated rings. The SMILES string of the molecule is Nc1ccc2ncnc(=O)n2c1. The van der Waals surface area contributed by atoms with Crippen LogP contribution in [0.3, 0.4) is 0 Å². The van der Waals surface area contributed by atoms with Crippen molar-refractivity contribution >= 4 is 11.3 Å². The van der Waals surface area contributed by atoms with Gasteiger partial charge in [-0.2, -0.15) is 4.98 Å². The van der Waals surface area contributed by atoms with E-state index in [1.54, 1.807) is 12.1 Å². The van der Waals surface area contributed by atoms with Crippen LogP contribution in [0.5, 0.6) is 0 Å². The number of fused-ring (bicyclic) bond motifs is 1. The highest BCUT2D eigenvalue weighted by Crippen LogP contribution is 2.00. The Hall–Kier alpha value is -1.91. The molecule has 0 bridgehead atoms. The van der Waals surface area contributed by atoms with Gasteiger partial charge in [0.2, 0.25) is 0 Å². The van der Waals surface area contributed by atoms with Gasteiger partial charge in [-0.3, -0.25) is 0 Å². The zero-order valence-electron chi connectivity index (χ0n) is 6.14. The Bertz CT molecular complexity index is 476. The molecule has 2 N–H and O–H groups in total. The summed E-state index contributed by atoms with van der Waals surface area (Å²) in [6.07, 6.45) is 2.73. The first kappa shape index (κ1) is 6.78. The van der Waals surface area contributed by atoms with Crippen LogP contribution in [0.25, 0.3) is 5.65 Å². The monoisotopic (exact) mass is 162 g/mol. The molecular formula is C7H6N4O. The highest BCUT2D eigenvalue weighted by molar-refractivity contribution is 5.45. The average Bonchev–Trinajstić information content (AvgIpc) is 2.07. The molecule has 0 saturated carbocycles. The van der Waals surface area contributed by atoms with Gasteiger partial charge in [-0.15, -0.1) is 0 Å². The Morgan fingerprint density at radius 3 is 3.00 bits per heavy atom. The molecule has 0 aromatic carbocycles. The fraction of sp³-hybridized carbons (Fsp3) is 0. The second-order valence-electron chi connectivity index (χ2n) is 2.35. The molecule has 5 nitrogen and oxygen atoms in total. The van der Waals surface area contributed by atoms with E-state index in [1.165, 1.54) is 16.9 Å². The Kier molecular flexibility index (Phi) is 1.30. The zero-order chi connectivity index (χ0) is 8.55. The van der Waals surface area contributed by atoms with Crippen molar-refractivity contribution < 1.29 is 0 Å². The maximum absolute atomic E-state index is 11.1. The third kappa shape index (κ3) is 0.914. The highest BCUT2D eigenvalue weighted by Gasteiger charge is 1.95. The van der Waals surface area contributed by atoms with Crippen LogP contribution in [0.4, 0.5) is 5.69 Å². The predicted molar refractivity (Wildman–Crippen MR) is 43.7 cm³/mol. The number of nitrogens with two attached hydrogens (primary N) is 1. The van der Waals surface area contributed by atoms with Gasteiger partial charge >= 0.3 is 5.69 Å². The van der Waals surface area contributed by atoms with Crippen LogP contribution in [0.2, 0.25) is 0 Å². The van der Waals surface area contributed by atoms with Gasteiger partial charge in [0.1, 0.15) is 12.0 Å². The average molecular weight is 162 g/mol. The van der Waals surface area contributed by atoms with Crippen molar-refractivity contribution in [3.63, 3.8) is 0 Å². The van der Waals surface area contributed by atoms with Crippen molar-refractivity contribution in [3.8, 4) is 0 Å². The molecule has 0 aliphatic heterocycles. The topological polar surface area (TPSA) is 73.3 Å². The molecule has 0 spiro atoms. The summed E-state index contributed by atoms with van der Waals surface area (Å²) in [6, 6.07) is 3.35. The maximum Gasteiger partial charge on any atom is 0.354 e. The van der Waals surface area contributed by atoms with Crippen LogP contribution in [0.1, 0.15) is 0 Å². The summed E-state index contributed by atoms with van der Waals surface area (Å²) in [6.45, 7) is 0. The van der Waals surface area contributed by atoms with Gasteiger partial charge in [0, 0.05) is 11.9 Å². The van der Waals surface area contributed by atoms with Crippen molar-refractivity contribution in [1.82, 2.24) is 14.4 Å². The Morgan fingerprint density at radius 2 is 2.17 bits per heavy atom. The fourth-order valence-electron chi connectivity index (χ4n) is 0.967. The van der Waals surface area contributed by atoms with Crippen molar-refractivity contribution in [2.45, 2.75) is 0 Å². The number of hydrogen-bond acceptors (Lipinski definition) is 4. The minimum absolute atomic E-state index is 0.368. The van der Waals surface area contributed by atoms with Gasteiger partial charge < -0.3 is 5.73 Å². The Labute approximate surface area is 67.5 Å². The maximum atomic E-state index is 11.1. The number of anilines is 1. The number of nitrogen functional groups attached to an aromatic ring is 1. The number of nitrogens with zero attached hydrogens (tertiary/aromatic N) is 3. The van der Waals surface area contributed by atoms with E-state index in [4.69, 9.17) is 5.73 Å². The molecule has 2 aromatic heterocycles. The summed E-state index contributed by atoms with van der Waals surface area (Å²) in [4.78, 5) is 18.5. The number of hydrogen-bond donors (Lipinski definition) is 1. The van der Waals surface area contributed by atoms with E-state index in [0.717, 1.165) is 0 Å². The molecule has 60 valence electrons. The second kappa shape index (κ2) is 2.30. The molecule has 2 aromatic rings. The predicted octanol–water partition coefficient (Wildman–Crippen LogP) is -0.328. The van der Waals surface area contributed by atoms with Crippen LogP contribution in [-0.2, 0) is 0 Å². The summed E-state index contributed by atoms with van der Waals surface area (Å²) in [5, 5.41) is 0. The van der Waals surface area contributed by atoms with Crippen LogP contribution < -0.4 is 11.4 Å². The van der Waals surface area contributed by atoms with Gasteiger partial charge in [-0.25, -0.2) is 14.2 Å². The van der Waals surface area contributed by atoms with Crippen molar-refractivity contribution in [3.05, 3.63) is 35.1 Å². The number of pyridine rings is 1. The molecule has 0 saturated heterocycles. The Morgan fingerprint density at radius 1 is 1.33 bits per heavy atom. The van der Waals surface area contributed by atoms with Crippen LogP contribution in [-0.4, -0.2) is 14.4 Å². The lowest BCUT2D eigenvalue weighted by molar-refractivity contribution is 0.942. The van der Waals surface area contributed by atoms with E-state index in [1.807, 2.05) is 0 Å². The molecule has 0 aliphatic rings. The Balaban J connectivity index is 2.98. The third-order valence-electron chi connectivity index (χ3n) is 1.51. The first-order valence-electron chi connectivity index (χ1n) is 3.36. The van der Waals surface area contributed by atoms with E-state index in [2.05, 4.69) is 9.97 Å². The van der Waals surface area contributed by atoms with Gasteiger partial charge in [-0.1, -0.05) is 0 Å². The molecule has 2 heterocycles. The summed E-state index contributed by atoms with van der Waals surface area (Å²) < 4.78 is 1.30. The summed E-state index contributed by atoms with van der Waals surface area (Å²) in [5.41, 5.74) is 6.17. The minimum atomic E-state index is -0.368. The lowest BCUT2D eigenvalue weighted by Crippen LogP contribution is -2.17. The third-order valence-corrected chi connectivity index (χ3v) is 1.51. The molecular weight excluding hydrogens is 156 g/mol. The van der Waals surface area contributed by atoms with E-state index in [0.29, 0.717) is 11.3 Å². The minimum Gasteiger partial charge on any atom is -0.398 e. The largest absolute Gasteiger partial charge is 0.398 e. The van der Waals surface area contributed by atoms with Crippen LogP contribution >= 0.6 is 0 Å². The molecule has 0 aliphatic carbocycles. The summed E-state index contributed by atoms with van der Waals surface area (Å²) in [7, 11) is 0. The fourth-order valence-corrected chi connectivity index (χ4v) is 0.967. The summed E-state index contributed by atoms with van der Waals surface area (Å²) >= 11 is 0. The molecule has 0 amide bonds. The van der Waals surface area contributed by atoms with Gasteiger partial charge in [0.25, 0.3) is 0 Å². The lowest BCUT2D eigenvalue weighted by atomic mass is 10.4. The van der Waals surface area contributed by atoms with E-state index >= 15 is 0 Å². The molecule has 5 heteroatoms. The molecule has 2 rings (SSSR count). The van der Waals surface area contributed by atoms with Gasteiger partial charge in [0.05, 0.1) is 0 Å². The van der Waals surface area contributed by atoms with E-state index in [-0.39, 0.29) is 5.69 Å². The molecule has 12 heavy (non-hydrogen) atoms. The van der Waals surface area contributed by atoms with Crippen molar-refractivity contribution in [2.75, 3.05) is 5.73 Å². The standard InChI is InChI=1S/C7H6N4O/c8-5-1-2-6-9-4-10-7(12)11(6)3-5/h1-4H,8H2. The van der Waals surface area contributed by atoms with Crippen LogP contribution in [0, 0.1) is 0 Å². The number of aromatic nitrogens is 3. The zero-order valence-corrected chi connectivity index (χ0v) is 6.14. The van der Waals surface area contributed by atoms with Crippen molar-refractivity contribution in [1.29, 1.82) is 0 Å². The lowest BCUT2D eigenvalue weighted by Gasteiger charge is -1.97. The second-order valence-corrected chi connectivity index (χ2v) is 2.35. The first-order valence-corrected chi connectivity index (χ1v) is 3.36. The number of rotatable bonds is 0. The van der Waals surface area contributed by atoms with Crippen molar-refractivity contribution in [2.24, 2.45) is 0 Å². The smallest absolute Gasteiger partial charge is 0.354 e. The van der Waals surface area contributed by atoms with Gasteiger partial charge in [-0.05, 0) is 12.1 Å². The highest BCUT2D eigenvalue weighted by atomic mass is 16.1. The van der Waals surface area contributed by atoms with Gasteiger partial charge in [0.15, 0.2) is 0 Å². The molecule has 0 radical (unpaired) electrons. The first-order chi connectivity index (χ1) is 5.77.